The summed E-state index contributed by atoms with van der Waals surface area (Å²) < 4.78 is 1.27. The van der Waals surface area contributed by atoms with Gasteiger partial charge < -0.3 is 5.32 Å². The van der Waals surface area contributed by atoms with Gasteiger partial charge in [-0.25, -0.2) is 0 Å². The minimum Gasteiger partial charge on any atom is -0.317 e. The summed E-state index contributed by atoms with van der Waals surface area (Å²) in [5.41, 5.74) is 0. The lowest BCUT2D eigenvalue weighted by Crippen LogP contribution is -2.15. The Morgan fingerprint density at radius 3 is 2.73 bits per heavy atom. The van der Waals surface area contributed by atoms with Crippen molar-refractivity contribution in [3.05, 3.63) is 20.3 Å². The van der Waals surface area contributed by atoms with E-state index in [4.69, 9.17) is 0 Å². The topological polar surface area (TPSA) is 12.0 Å². The SMILES string of the molecule is CCCNCCCCc1cc(Br)c(C)s1. The quantitative estimate of drug-likeness (QED) is 0.744. The molecule has 0 atom stereocenters. The molecule has 1 rings (SSSR count). The Balaban J connectivity index is 2.10. The molecule has 1 nitrogen and oxygen atoms in total. The molecule has 1 aromatic rings. The highest BCUT2D eigenvalue weighted by Crippen LogP contribution is 2.27. The smallest absolute Gasteiger partial charge is 0.0314 e. The lowest BCUT2D eigenvalue weighted by molar-refractivity contribution is 0.618. The van der Waals surface area contributed by atoms with Gasteiger partial charge in [0.2, 0.25) is 0 Å². The van der Waals surface area contributed by atoms with Gasteiger partial charge in [0.15, 0.2) is 0 Å². The Morgan fingerprint density at radius 1 is 1.33 bits per heavy atom. The number of aryl methyl sites for hydroxylation is 2. The van der Waals surface area contributed by atoms with Gasteiger partial charge in [-0.05, 0) is 67.7 Å². The van der Waals surface area contributed by atoms with E-state index in [-0.39, 0.29) is 0 Å². The molecule has 1 N–H and O–H groups in total. The van der Waals surface area contributed by atoms with Gasteiger partial charge in [0.25, 0.3) is 0 Å². The Kier molecular flexibility index (Phi) is 6.53. The van der Waals surface area contributed by atoms with Gasteiger partial charge in [-0.3, -0.25) is 0 Å². The van der Waals surface area contributed by atoms with Crippen molar-refractivity contribution in [2.24, 2.45) is 0 Å². The molecule has 0 radical (unpaired) electrons. The van der Waals surface area contributed by atoms with E-state index in [1.807, 2.05) is 11.3 Å². The van der Waals surface area contributed by atoms with Crippen molar-refractivity contribution in [2.75, 3.05) is 13.1 Å². The van der Waals surface area contributed by atoms with Crippen molar-refractivity contribution < 1.29 is 0 Å². The van der Waals surface area contributed by atoms with Crippen LogP contribution in [0.4, 0.5) is 0 Å². The number of unbranched alkanes of at least 4 members (excludes halogenated alkanes) is 1. The lowest BCUT2D eigenvalue weighted by atomic mass is 10.2. The van der Waals surface area contributed by atoms with Crippen LogP contribution in [0, 0.1) is 6.92 Å². The Hall–Kier alpha value is 0.140. The molecule has 0 spiro atoms. The highest BCUT2D eigenvalue weighted by molar-refractivity contribution is 9.10. The van der Waals surface area contributed by atoms with Crippen LogP contribution in [0.3, 0.4) is 0 Å². The first-order valence-electron chi connectivity index (χ1n) is 5.69. The summed E-state index contributed by atoms with van der Waals surface area (Å²) >= 11 is 5.47. The van der Waals surface area contributed by atoms with E-state index in [0.29, 0.717) is 0 Å². The molecule has 0 aliphatic heterocycles. The van der Waals surface area contributed by atoms with E-state index in [1.165, 1.54) is 46.5 Å². The van der Waals surface area contributed by atoms with Crippen LogP contribution in [-0.2, 0) is 6.42 Å². The summed E-state index contributed by atoms with van der Waals surface area (Å²) in [5.74, 6) is 0. The van der Waals surface area contributed by atoms with Crippen LogP contribution in [0.1, 0.15) is 35.9 Å². The molecule has 3 heteroatoms. The van der Waals surface area contributed by atoms with Crippen molar-refractivity contribution >= 4 is 27.3 Å². The van der Waals surface area contributed by atoms with Gasteiger partial charge in [-0.1, -0.05) is 6.92 Å². The minimum absolute atomic E-state index is 1.16. The number of nitrogens with one attached hydrogen (secondary N) is 1. The molecule has 1 heterocycles. The third kappa shape index (κ3) is 5.14. The molecule has 1 aromatic heterocycles. The van der Waals surface area contributed by atoms with Gasteiger partial charge >= 0.3 is 0 Å². The van der Waals surface area contributed by atoms with Crippen LogP contribution >= 0.6 is 27.3 Å². The molecule has 0 fully saturated rings. The molecular formula is C12H20BrNS. The number of thiophene rings is 1. The predicted octanol–water partition coefficient (Wildman–Crippen LogP) is 4.14. The Labute approximate surface area is 105 Å². The molecule has 0 saturated heterocycles. The van der Waals surface area contributed by atoms with E-state index in [2.05, 4.69) is 41.2 Å². The summed E-state index contributed by atoms with van der Waals surface area (Å²) in [5, 5.41) is 3.43. The van der Waals surface area contributed by atoms with Crippen LogP contribution in [0.25, 0.3) is 0 Å². The zero-order chi connectivity index (χ0) is 11.1. The first-order chi connectivity index (χ1) is 7.24. The minimum atomic E-state index is 1.16. The molecule has 0 unspecified atom stereocenters. The van der Waals surface area contributed by atoms with Crippen molar-refractivity contribution in [3.8, 4) is 0 Å². The van der Waals surface area contributed by atoms with Gasteiger partial charge in [0.05, 0.1) is 0 Å². The average Bonchev–Trinajstić information content (AvgIpc) is 2.52. The summed E-state index contributed by atoms with van der Waals surface area (Å²) in [6.45, 7) is 6.70. The zero-order valence-electron chi connectivity index (χ0n) is 9.61. The van der Waals surface area contributed by atoms with E-state index in [0.717, 1.165) is 6.54 Å². The molecule has 0 aliphatic rings. The van der Waals surface area contributed by atoms with Gasteiger partial charge in [-0.2, -0.15) is 0 Å². The third-order valence-corrected chi connectivity index (χ3v) is 4.56. The third-order valence-electron chi connectivity index (χ3n) is 2.36. The monoisotopic (exact) mass is 289 g/mol. The lowest BCUT2D eigenvalue weighted by Gasteiger charge is -2.01. The summed E-state index contributed by atoms with van der Waals surface area (Å²) in [6.07, 6.45) is 5.04. The predicted molar refractivity (Wildman–Crippen MR) is 72.9 cm³/mol. The van der Waals surface area contributed by atoms with Crippen LogP contribution in [-0.4, -0.2) is 13.1 Å². The molecule has 86 valence electrons. The van der Waals surface area contributed by atoms with Crippen molar-refractivity contribution in [3.63, 3.8) is 0 Å². The maximum Gasteiger partial charge on any atom is 0.0314 e. The molecule has 0 aromatic carbocycles. The zero-order valence-corrected chi connectivity index (χ0v) is 12.0. The summed E-state index contributed by atoms with van der Waals surface area (Å²) in [7, 11) is 0. The van der Waals surface area contributed by atoms with Crippen LogP contribution in [0.2, 0.25) is 0 Å². The van der Waals surface area contributed by atoms with E-state index >= 15 is 0 Å². The number of hydrogen-bond donors (Lipinski definition) is 1. The summed E-state index contributed by atoms with van der Waals surface area (Å²) in [4.78, 5) is 2.91. The highest BCUT2D eigenvalue weighted by atomic mass is 79.9. The average molecular weight is 290 g/mol. The standard InChI is InChI=1S/C12H20BrNS/c1-3-7-14-8-5-4-6-11-9-12(13)10(2)15-11/h9,14H,3-8H2,1-2H3. The number of rotatable bonds is 7. The van der Waals surface area contributed by atoms with E-state index in [9.17, 15) is 0 Å². The molecule has 0 saturated carbocycles. The first kappa shape index (κ1) is 13.2. The molecule has 15 heavy (non-hydrogen) atoms. The van der Waals surface area contributed by atoms with Crippen LogP contribution < -0.4 is 5.32 Å². The molecule has 0 bridgehead atoms. The fraction of sp³-hybridized carbons (Fsp3) is 0.667. The molecule has 0 amide bonds. The van der Waals surface area contributed by atoms with E-state index in [1.54, 1.807) is 0 Å². The second-order valence-corrected chi connectivity index (χ2v) is 6.02. The van der Waals surface area contributed by atoms with Crippen molar-refractivity contribution in [1.29, 1.82) is 0 Å². The fourth-order valence-corrected chi connectivity index (χ4v) is 3.14. The number of hydrogen-bond acceptors (Lipinski definition) is 2. The maximum absolute atomic E-state index is 3.56. The Bertz CT molecular complexity index is 264. The normalized spacial score (nSPS) is 10.9. The van der Waals surface area contributed by atoms with Crippen molar-refractivity contribution in [2.45, 2.75) is 39.5 Å². The van der Waals surface area contributed by atoms with Gasteiger partial charge in [0, 0.05) is 14.2 Å². The van der Waals surface area contributed by atoms with Gasteiger partial charge in [-0.15, -0.1) is 11.3 Å². The molecule has 0 aliphatic carbocycles. The van der Waals surface area contributed by atoms with Crippen LogP contribution in [0.5, 0.6) is 0 Å². The summed E-state index contributed by atoms with van der Waals surface area (Å²) in [6, 6.07) is 2.26. The first-order valence-corrected chi connectivity index (χ1v) is 7.30. The van der Waals surface area contributed by atoms with Crippen molar-refractivity contribution in [1.82, 2.24) is 5.32 Å². The second kappa shape index (κ2) is 7.42. The largest absolute Gasteiger partial charge is 0.317 e. The maximum atomic E-state index is 3.56. The van der Waals surface area contributed by atoms with Gasteiger partial charge in [0.1, 0.15) is 0 Å². The van der Waals surface area contributed by atoms with E-state index < -0.39 is 0 Å². The molecular weight excluding hydrogens is 270 g/mol. The highest BCUT2D eigenvalue weighted by Gasteiger charge is 2.01. The van der Waals surface area contributed by atoms with Crippen LogP contribution in [0.15, 0.2) is 10.5 Å². The number of halogens is 1. The Morgan fingerprint density at radius 2 is 2.13 bits per heavy atom. The fourth-order valence-electron chi connectivity index (χ4n) is 1.49. The second-order valence-electron chi connectivity index (χ2n) is 3.82.